The third-order valence-corrected chi connectivity index (χ3v) is 3.19. The van der Waals surface area contributed by atoms with Crippen LogP contribution in [0.15, 0.2) is 37.4 Å². The van der Waals surface area contributed by atoms with Crippen molar-refractivity contribution in [3.05, 3.63) is 37.4 Å². The number of carboxylic acids is 2. The molecule has 2 unspecified atom stereocenters. The number of rotatable bonds is 4. The van der Waals surface area contributed by atoms with Crippen molar-refractivity contribution in [2.24, 2.45) is 14.1 Å². The van der Waals surface area contributed by atoms with E-state index in [1.54, 1.807) is 69.6 Å². The molecule has 0 aromatic carbocycles. The molecule has 2 atom stereocenters. The van der Waals surface area contributed by atoms with Crippen LogP contribution in [0.3, 0.4) is 0 Å². The molecule has 0 aliphatic carbocycles. The Balaban J connectivity index is 0.000000405. The Hall–Kier alpha value is -2.77. The fourth-order valence-electron chi connectivity index (χ4n) is 1.65. The van der Waals surface area contributed by atoms with E-state index in [9.17, 15) is 9.59 Å². The minimum atomic E-state index is -5.17. The first-order valence-corrected chi connectivity index (χ1v) is 8.73. The molecule has 2 N–H and O–H groups in total. The minimum absolute atomic E-state index is 0.490. The lowest BCUT2D eigenvalue weighted by Gasteiger charge is -2.06. The van der Waals surface area contributed by atoms with Crippen molar-refractivity contribution in [3.8, 4) is 0 Å². The lowest BCUT2D eigenvalue weighted by Crippen LogP contribution is -2.40. The zero-order valence-electron chi connectivity index (χ0n) is 15.2. The van der Waals surface area contributed by atoms with Gasteiger partial charge in [0.25, 0.3) is 0 Å². The number of imidazole rings is 2. The quantitative estimate of drug-likeness (QED) is 0.353. The van der Waals surface area contributed by atoms with Crippen LogP contribution in [-0.4, -0.2) is 48.8 Å². The summed E-state index contributed by atoms with van der Waals surface area (Å²) in [6.07, 6.45) is 10.5. The van der Waals surface area contributed by atoms with Gasteiger partial charge in [-0.25, -0.2) is 27.9 Å². The van der Waals surface area contributed by atoms with Crippen LogP contribution >= 0.6 is 0 Å². The van der Waals surface area contributed by atoms with Crippen molar-refractivity contribution in [2.45, 2.75) is 25.9 Å². The van der Waals surface area contributed by atoms with E-state index in [4.69, 9.17) is 27.7 Å². The van der Waals surface area contributed by atoms with Gasteiger partial charge in [-0.1, -0.05) is 0 Å². The number of carbonyl (C=O) groups is 2. The largest absolute Gasteiger partial charge is 0.759 e. The van der Waals surface area contributed by atoms with Crippen LogP contribution in [0.5, 0.6) is 0 Å². The second-order valence-electron chi connectivity index (χ2n) is 5.49. The van der Waals surface area contributed by atoms with E-state index in [0.717, 1.165) is 0 Å². The summed E-state index contributed by atoms with van der Waals surface area (Å²) in [5.41, 5.74) is 0. The van der Waals surface area contributed by atoms with Crippen LogP contribution in [0.25, 0.3) is 0 Å². The van der Waals surface area contributed by atoms with Crippen LogP contribution in [0, 0.1) is 0 Å². The summed E-state index contributed by atoms with van der Waals surface area (Å²) in [4.78, 5) is 21.0. The molecule has 0 radical (unpaired) electrons. The van der Waals surface area contributed by atoms with Crippen molar-refractivity contribution in [2.75, 3.05) is 0 Å². The molecule has 0 saturated heterocycles. The second kappa shape index (κ2) is 10.4. The Morgan fingerprint density at radius 1 is 0.889 bits per heavy atom. The van der Waals surface area contributed by atoms with Gasteiger partial charge < -0.3 is 19.3 Å². The molecule has 2 aromatic rings. The molecule has 2 rings (SSSR count). The normalized spacial score (nSPS) is 12.7. The molecule has 152 valence electrons. The van der Waals surface area contributed by atoms with Crippen LogP contribution in [0.2, 0.25) is 0 Å². The van der Waals surface area contributed by atoms with E-state index in [2.05, 4.69) is 0 Å². The molecule has 0 aliphatic heterocycles. The molecule has 0 aliphatic rings. The predicted octanol–water partition coefficient (Wildman–Crippen LogP) is -1.42. The summed E-state index contributed by atoms with van der Waals surface area (Å²) in [6.45, 7) is 3.28. The minimum Gasteiger partial charge on any atom is -0.759 e. The lowest BCUT2D eigenvalue weighted by molar-refractivity contribution is -0.707. The maximum atomic E-state index is 10.5. The SMILES string of the molecule is CC(C(=O)O)[n+]1ccn(C)c1.CC(C(=O)O)[n+]1ccn(C)c1.O=S(=O)([O-])[O-]. The number of aliphatic carboxylic acids is 2. The fraction of sp³-hybridized carbons (Fsp3) is 0.429. The van der Waals surface area contributed by atoms with Gasteiger partial charge in [0.1, 0.15) is 24.8 Å². The van der Waals surface area contributed by atoms with Gasteiger partial charge in [-0.3, -0.25) is 8.42 Å². The van der Waals surface area contributed by atoms with Gasteiger partial charge in [-0.05, 0) is 13.8 Å². The van der Waals surface area contributed by atoms with E-state index >= 15 is 0 Å². The maximum Gasteiger partial charge on any atom is 0.349 e. The molecular formula is C14H22N4O8S. The van der Waals surface area contributed by atoms with E-state index in [-0.39, 0.29) is 0 Å². The molecule has 0 amide bonds. The maximum absolute atomic E-state index is 10.5. The molecule has 0 fully saturated rings. The van der Waals surface area contributed by atoms with Gasteiger partial charge in [0, 0.05) is 10.4 Å². The summed E-state index contributed by atoms with van der Waals surface area (Å²) >= 11 is 0. The highest BCUT2D eigenvalue weighted by molar-refractivity contribution is 7.79. The summed E-state index contributed by atoms with van der Waals surface area (Å²) < 4.78 is 41.0. The average Bonchev–Trinajstić information content (AvgIpc) is 3.13. The van der Waals surface area contributed by atoms with E-state index in [0.29, 0.717) is 0 Å². The third kappa shape index (κ3) is 10.7. The van der Waals surface area contributed by atoms with Gasteiger partial charge >= 0.3 is 11.9 Å². The molecule has 2 heterocycles. The zero-order chi connectivity index (χ0) is 21.4. The number of hydrogen-bond donors (Lipinski definition) is 2. The smallest absolute Gasteiger partial charge is 0.349 e. The highest BCUT2D eigenvalue weighted by atomic mass is 32.3. The van der Waals surface area contributed by atoms with Gasteiger partial charge in [0.2, 0.25) is 12.7 Å². The highest BCUT2D eigenvalue weighted by Gasteiger charge is 2.18. The van der Waals surface area contributed by atoms with Crippen molar-refractivity contribution < 1.29 is 46.5 Å². The molecule has 0 bridgehead atoms. The Bertz CT molecular complexity index is 794. The summed E-state index contributed by atoms with van der Waals surface area (Å²) in [6, 6.07) is -0.979. The van der Waals surface area contributed by atoms with Crippen LogP contribution in [-0.2, 0) is 34.1 Å². The topological polar surface area (TPSA) is 172 Å². The van der Waals surface area contributed by atoms with Gasteiger partial charge in [0.05, 0.1) is 14.1 Å². The van der Waals surface area contributed by atoms with E-state index in [1.807, 2.05) is 14.1 Å². The predicted molar refractivity (Wildman–Crippen MR) is 86.4 cm³/mol. The Labute approximate surface area is 156 Å². The standard InChI is InChI=1S/2C7H10N2O2.H2O4S/c2*1-6(7(10)11)9-4-3-8(2)5-9;1-5(2,3)4/h2*3-6H,1-2H3;(H2,1,2,3,4). The number of nitrogens with zero attached hydrogens (tertiary/aromatic N) is 4. The van der Waals surface area contributed by atoms with Crippen LogP contribution in [0.1, 0.15) is 25.9 Å². The summed E-state index contributed by atoms with van der Waals surface area (Å²) in [5.74, 6) is -1.64. The van der Waals surface area contributed by atoms with Crippen molar-refractivity contribution in [1.82, 2.24) is 9.13 Å². The van der Waals surface area contributed by atoms with Gasteiger partial charge in [-0.15, -0.1) is 0 Å². The third-order valence-electron chi connectivity index (χ3n) is 3.19. The number of aryl methyl sites for hydroxylation is 2. The zero-order valence-corrected chi connectivity index (χ0v) is 16.0. The van der Waals surface area contributed by atoms with Crippen molar-refractivity contribution in [1.29, 1.82) is 0 Å². The Morgan fingerprint density at radius 2 is 1.15 bits per heavy atom. The second-order valence-corrected chi connectivity index (χ2v) is 6.31. The Kier molecular flexibility index (Phi) is 9.33. The summed E-state index contributed by atoms with van der Waals surface area (Å²) in [7, 11) is -1.46. The molecule has 0 spiro atoms. The monoisotopic (exact) mass is 406 g/mol. The molecule has 12 nitrogen and oxygen atoms in total. The first-order valence-electron chi connectivity index (χ1n) is 7.40. The van der Waals surface area contributed by atoms with E-state index in [1.165, 1.54) is 0 Å². The number of aromatic nitrogens is 4. The highest BCUT2D eigenvalue weighted by Crippen LogP contribution is 1.93. The number of carboxylic acid groups (broad SMARTS) is 2. The van der Waals surface area contributed by atoms with Crippen molar-refractivity contribution in [3.63, 3.8) is 0 Å². The van der Waals surface area contributed by atoms with Crippen molar-refractivity contribution >= 4 is 22.3 Å². The molecule has 27 heavy (non-hydrogen) atoms. The lowest BCUT2D eigenvalue weighted by atomic mass is 10.3. The van der Waals surface area contributed by atoms with E-state index < -0.39 is 34.4 Å². The Morgan fingerprint density at radius 3 is 1.30 bits per heavy atom. The number of hydrogen-bond acceptors (Lipinski definition) is 6. The molecule has 0 saturated carbocycles. The van der Waals surface area contributed by atoms with Gasteiger partial charge in [0.15, 0.2) is 12.1 Å². The van der Waals surface area contributed by atoms with Crippen LogP contribution in [0.4, 0.5) is 0 Å². The first kappa shape index (κ1) is 24.2. The van der Waals surface area contributed by atoms with Crippen LogP contribution < -0.4 is 9.13 Å². The molecule has 13 heteroatoms. The molecular weight excluding hydrogens is 384 g/mol. The summed E-state index contributed by atoms with van der Waals surface area (Å²) in [5, 5.41) is 17.2. The average molecular weight is 406 g/mol. The van der Waals surface area contributed by atoms with Gasteiger partial charge in [-0.2, -0.15) is 0 Å². The molecule has 2 aromatic heterocycles. The fourth-order valence-corrected chi connectivity index (χ4v) is 1.65. The first-order chi connectivity index (χ1) is 12.2.